The number of methoxy groups -OCH3 is 1. The van der Waals surface area contributed by atoms with Gasteiger partial charge in [0.15, 0.2) is 0 Å². The van der Waals surface area contributed by atoms with E-state index in [0.29, 0.717) is 6.54 Å². The maximum absolute atomic E-state index is 11.4. The normalized spacial score (nSPS) is 17.8. The van der Waals surface area contributed by atoms with E-state index in [1.54, 1.807) is 7.11 Å². The lowest BCUT2D eigenvalue weighted by Gasteiger charge is -2.32. The highest BCUT2D eigenvalue weighted by Gasteiger charge is 2.24. The summed E-state index contributed by atoms with van der Waals surface area (Å²) in [6, 6.07) is 12.0. The van der Waals surface area contributed by atoms with Gasteiger partial charge in [0.25, 0.3) is 0 Å². The molecule has 1 unspecified atom stereocenters. The number of hydrogen-bond donors (Lipinski definition) is 1. The maximum Gasteiger partial charge on any atom is 0.222 e. The number of carbonyl (C=O) groups excluding carboxylic acids is 1. The molecule has 5 heteroatoms. The maximum atomic E-state index is 11.4. The Balaban J connectivity index is 1.74. The zero-order valence-corrected chi connectivity index (χ0v) is 13.2. The highest BCUT2D eigenvalue weighted by molar-refractivity contribution is 5.77. The summed E-state index contributed by atoms with van der Waals surface area (Å²) in [4.78, 5) is 18.1. The molecule has 1 aliphatic heterocycles. The zero-order valence-electron chi connectivity index (χ0n) is 13.2. The molecule has 0 bridgehead atoms. The van der Waals surface area contributed by atoms with E-state index in [1.165, 1.54) is 0 Å². The van der Waals surface area contributed by atoms with E-state index in [9.17, 15) is 4.79 Å². The number of amides is 1. The van der Waals surface area contributed by atoms with Gasteiger partial charge in [-0.25, -0.2) is 4.98 Å². The SMILES string of the molecule is COc1ccc(-c2ccc(N3CCCC(C(N)=O)C3)nc2)cc1. The molecule has 1 fully saturated rings. The summed E-state index contributed by atoms with van der Waals surface area (Å²) < 4.78 is 5.17. The molecule has 5 nitrogen and oxygen atoms in total. The molecular weight excluding hydrogens is 290 g/mol. The van der Waals surface area contributed by atoms with Crippen molar-refractivity contribution < 1.29 is 9.53 Å². The summed E-state index contributed by atoms with van der Waals surface area (Å²) in [5.74, 6) is 1.44. The van der Waals surface area contributed by atoms with Crippen molar-refractivity contribution >= 4 is 11.7 Å². The van der Waals surface area contributed by atoms with E-state index in [2.05, 4.69) is 16.0 Å². The summed E-state index contributed by atoms with van der Waals surface area (Å²) >= 11 is 0. The highest BCUT2D eigenvalue weighted by Crippen LogP contribution is 2.25. The number of primary amides is 1. The van der Waals surface area contributed by atoms with Crippen LogP contribution < -0.4 is 15.4 Å². The molecule has 3 rings (SSSR count). The third kappa shape index (κ3) is 3.44. The topological polar surface area (TPSA) is 68.5 Å². The van der Waals surface area contributed by atoms with E-state index in [0.717, 1.165) is 42.1 Å². The molecular formula is C18H21N3O2. The fraction of sp³-hybridized carbons (Fsp3) is 0.333. The summed E-state index contributed by atoms with van der Waals surface area (Å²) in [6.07, 6.45) is 3.70. The van der Waals surface area contributed by atoms with Crippen LogP contribution in [0.25, 0.3) is 11.1 Å². The molecule has 2 aromatic rings. The molecule has 0 radical (unpaired) electrons. The van der Waals surface area contributed by atoms with Crippen molar-refractivity contribution in [3.05, 3.63) is 42.6 Å². The molecule has 1 amide bonds. The summed E-state index contributed by atoms with van der Waals surface area (Å²) in [5, 5.41) is 0. The average Bonchev–Trinajstić information content (AvgIpc) is 2.62. The molecule has 1 aromatic carbocycles. The Hall–Kier alpha value is -2.56. The number of pyridine rings is 1. The number of rotatable bonds is 4. The van der Waals surface area contributed by atoms with Crippen LogP contribution in [0.4, 0.5) is 5.82 Å². The van der Waals surface area contributed by atoms with Gasteiger partial charge in [0, 0.05) is 24.8 Å². The van der Waals surface area contributed by atoms with Crippen molar-refractivity contribution in [1.29, 1.82) is 0 Å². The number of nitrogens with zero attached hydrogens (tertiary/aromatic N) is 2. The van der Waals surface area contributed by atoms with Crippen molar-refractivity contribution in [1.82, 2.24) is 4.98 Å². The number of aromatic nitrogens is 1. The minimum absolute atomic E-state index is 0.0770. The minimum atomic E-state index is -0.218. The molecule has 2 heterocycles. The van der Waals surface area contributed by atoms with Gasteiger partial charge in [-0.1, -0.05) is 12.1 Å². The van der Waals surface area contributed by atoms with E-state index < -0.39 is 0 Å². The largest absolute Gasteiger partial charge is 0.497 e. The number of anilines is 1. The highest BCUT2D eigenvalue weighted by atomic mass is 16.5. The lowest BCUT2D eigenvalue weighted by Crippen LogP contribution is -2.41. The molecule has 2 N–H and O–H groups in total. The first-order valence-electron chi connectivity index (χ1n) is 7.82. The van der Waals surface area contributed by atoms with Crippen molar-refractivity contribution in [3.8, 4) is 16.9 Å². The van der Waals surface area contributed by atoms with Crippen LogP contribution in [-0.4, -0.2) is 31.1 Å². The third-order valence-electron chi connectivity index (χ3n) is 4.32. The average molecular weight is 311 g/mol. The molecule has 23 heavy (non-hydrogen) atoms. The van der Waals surface area contributed by atoms with Gasteiger partial charge in [-0.2, -0.15) is 0 Å². The molecule has 0 spiro atoms. The van der Waals surface area contributed by atoms with Crippen LogP contribution in [-0.2, 0) is 4.79 Å². The van der Waals surface area contributed by atoms with Gasteiger partial charge in [0.1, 0.15) is 11.6 Å². The second-order valence-corrected chi connectivity index (χ2v) is 5.82. The second kappa shape index (κ2) is 6.69. The lowest BCUT2D eigenvalue weighted by molar-refractivity contribution is -0.122. The van der Waals surface area contributed by atoms with E-state index in [4.69, 9.17) is 10.5 Å². The quantitative estimate of drug-likeness (QED) is 0.942. The van der Waals surface area contributed by atoms with Gasteiger partial charge in [-0.05, 0) is 42.7 Å². The fourth-order valence-electron chi connectivity index (χ4n) is 2.94. The molecule has 1 saturated heterocycles. The molecule has 0 aliphatic carbocycles. The third-order valence-corrected chi connectivity index (χ3v) is 4.32. The molecule has 1 atom stereocenters. The lowest BCUT2D eigenvalue weighted by atomic mass is 9.97. The van der Waals surface area contributed by atoms with Crippen LogP contribution in [0.1, 0.15) is 12.8 Å². The fourth-order valence-corrected chi connectivity index (χ4v) is 2.94. The number of hydrogen-bond acceptors (Lipinski definition) is 4. The number of benzene rings is 1. The van der Waals surface area contributed by atoms with Crippen molar-refractivity contribution in [2.24, 2.45) is 11.7 Å². The summed E-state index contributed by atoms with van der Waals surface area (Å²) in [5.41, 5.74) is 7.59. The van der Waals surface area contributed by atoms with Crippen molar-refractivity contribution in [3.63, 3.8) is 0 Å². The first kappa shape index (κ1) is 15.3. The number of ether oxygens (including phenoxy) is 1. The number of carbonyl (C=O) groups is 1. The molecule has 1 aromatic heterocycles. The van der Waals surface area contributed by atoms with Gasteiger partial charge < -0.3 is 15.4 Å². The Morgan fingerprint density at radius 3 is 2.57 bits per heavy atom. The first-order chi connectivity index (χ1) is 11.2. The van der Waals surface area contributed by atoms with E-state index >= 15 is 0 Å². The van der Waals surface area contributed by atoms with Crippen LogP contribution in [0.5, 0.6) is 5.75 Å². The van der Waals surface area contributed by atoms with E-state index in [1.807, 2.05) is 36.5 Å². The van der Waals surface area contributed by atoms with Gasteiger partial charge in [0.05, 0.1) is 13.0 Å². The predicted octanol–water partition coefficient (Wildman–Crippen LogP) is 2.46. The number of piperidine rings is 1. The molecule has 0 saturated carbocycles. The Morgan fingerprint density at radius 1 is 1.22 bits per heavy atom. The Bertz CT molecular complexity index is 668. The van der Waals surface area contributed by atoms with Crippen molar-refractivity contribution in [2.45, 2.75) is 12.8 Å². The standard InChI is InChI=1S/C18H21N3O2/c1-23-16-7-4-13(5-8-16)14-6-9-17(20-11-14)21-10-2-3-15(12-21)18(19)22/h4-9,11,15H,2-3,10,12H2,1H3,(H2,19,22). The second-order valence-electron chi connectivity index (χ2n) is 5.82. The minimum Gasteiger partial charge on any atom is -0.497 e. The molecule has 120 valence electrons. The Labute approximate surface area is 136 Å². The van der Waals surface area contributed by atoms with Crippen LogP contribution in [0.2, 0.25) is 0 Å². The predicted molar refractivity (Wildman–Crippen MR) is 90.4 cm³/mol. The molecule has 1 aliphatic rings. The van der Waals surface area contributed by atoms with Crippen LogP contribution in [0.15, 0.2) is 42.6 Å². The zero-order chi connectivity index (χ0) is 16.2. The van der Waals surface area contributed by atoms with Gasteiger partial charge in [-0.3, -0.25) is 4.79 Å². The van der Waals surface area contributed by atoms with E-state index in [-0.39, 0.29) is 11.8 Å². The van der Waals surface area contributed by atoms with Gasteiger partial charge in [0.2, 0.25) is 5.91 Å². The smallest absolute Gasteiger partial charge is 0.222 e. The number of nitrogens with two attached hydrogens (primary N) is 1. The van der Waals surface area contributed by atoms with Gasteiger partial charge in [-0.15, -0.1) is 0 Å². The monoisotopic (exact) mass is 311 g/mol. The van der Waals surface area contributed by atoms with Crippen LogP contribution in [0, 0.1) is 5.92 Å². The summed E-state index contributed by atoms with van der Waals surface area (Å²) in [7, 11) is 1.66. The Kier molecular flexibility index (Phi) is 4.46. The first-order valence-corrected chi connectivity index (χ1v) is 7.82. The van der Waals surface area contributed by atoms with Crippen molar-refractivity contribution in [2.75, 3.05) is 25.1 Å². The van der Waals surface area contributed by atoms with Crippen LogP contribution >= 0.6 is 0 Å². The van der Waals surface area contributed by atoms with Crippen LogP contribution in [0.3, 0.4) is 0 Å². The van der Waals surface area contributed by atoms with Gasteiger partial charge >= 0.3 is 0 Å². The summed E-state index contributed by atoms with van der Waals surface area (Å²) in [6.45, 7) is 1.57. The Morgan fingerprint density at radius 2 is 1.96 bits per heavy atom.